The van der Waals surface area contributed by atoms with E-state index >= 15 is 0 Å². The number of hydrogen-bond donors (Lipinski definition) is 2. The van der Waals surface area contributed by atoms with Crippen molar-refractivity contribution in [1.82, 2.24) is 4.98 Å². The number of hydrogen-bond acceptors (Lipinski definition) is 5. The molecule has 20 heavy (non-hydrogen) atoms. The summed E-state index contributed by atoms with van der Waals surface area (Å²) in [5.74, 6) is 1.85. The van der Waals surface area contributed by atoms with Crippen molar-refractivity contribution in [2.24, 2.45) is 0 Å². The third-order valence-electron chi connectivity index (χ3n) is 2.76. The second-order valence-electron chi connectivity index (χ2n) is 4.57. The summed E-state index contributed by atoms with van der Waals surface area (Å²) in [5.41, 5.74) is 0. The highest BCUT2D eigenvalue weighted by molar-refractivity contribution is 5.44. The van der Waals surface area contributed by atoms with Crippen molar-refractivity contribution in [3.05, 3.63) is 18.2 Å². The van der Waals surface area contributed by atoms with Crippen LogP contribution in [0.2, 0.25) is 0 Å². The number of ether oxygens (including phenoxy) is 2. The molecule has 1 aromatic heterocycles. The zero-order chi connectivity index (χ0) is 14.5. The summed E-state index contributed by atoms with van der Waals surface area (Å²) >= 11 is 0. The Kier molecular flexibility index (Phi) is 9.61. The van der Waals surface area contributed by atoms with Crippen LogP contribution in [0.5, 0.6) is 0 Å². The molecule has 114 valence electrons. The predicted octanol–water partition coefficient (Wildman–Crippen LogP) is 2.76. The van der Waals surface area contributed by atoms with E-state index in [1.54, 1.807) is 7.11 Å². The minimum absolute atomic E-state index is 0.666. The second-order valence-corrected chi connectivity index (χ2v) is 4.57. The molecule has 0 aliphatic carbocycles. The standard InChI is InChI=1S/C15H27N3O2/c1-3-9-16-14-7-6-8-15(18-14)17-10-4-5-11-20-13-12-19-2/h6-8H,3-5,9-13H2,1-2H3,(H2,16,17,18). The van der Waals surface area contributed by atoms with Gasteiger partial charge in [0.25, 0.3) is 0 Å². The van der Waals surface area contributed by atoms with E-state index in [4.69, 9.17) is 9.47 Å². The van der Waals surface area contributed by atoms with Crippen LogP contribution in [0.25, 0.3) is 0 Å². The third kappa shape index (κ3) is 7.96. The van der Waals surface area contributed by atoms with Gasteiger partial charge in [0, 0.05) is 26.8 Å². The van der Waals surface area contributed by atoms with Crippen LogP contribution in [0, 0.1) is 0 Å². The van der Waals surface area contributed by atoms with Gasteiger partial charge in [-0.25, -0.2) is 4.98 Å². The molecule has 2 N–H and O–H groups in total. The lowest BCUT2D eigenvalue weighted by Crippen LogP contribution is -2.08. The van der Waals surface area contributed by atoms with Crippen molar-refractivity contribution in [2.75, 3.05) is 50.7 Å². The summed E-state index contributed by atoms with van der Waals surface area (Å²) in [4.78, 5) is 4.50. The van der Waals surface area contributed by atoms with Crippen molar-refractivity contribution < 1.29 is 9.47 Å². The van der Waals surface area contributed by atoms with Crippen molar-refractivity contribution >= 4 is 11.6 Å². The van der Waals surface area contributed by atoms with Crippen LogP contribution in [-0.4, -0.2) is 45.0 Å². The van der Waals surface area contributed by atoms with Crippen molar-refractivity contribution in [3.8, 4) is 0 Å². The molecule has 0 bridgehead atoms. The normalized spacial score (nSPS) is 10.5. The van der Waals surface area contributed by atoms with Crippen LogP contribution in [0.15, 0.2) is 18.2 Å². The van der Waals surface area contributed by atoms with Crippen LogP contribution < -0.4 is 10.6 Å². The Morgan fingerprint density at radius 2 is 1.75 bits per heavy atom. The van der Waals surface area contributed by atoms with Crippen LogP contribution in [0.3, 0.4) is 0 Å². The first-order valence-corrected chi connectivity index (χ1v) is 7.38. The van der Waals surface area contributed by atoms with E-state index in [0.717, 1.165) is 50.6 Å². The molecule has 5 nitrogen and oxygen atoms in total. The van der Waals surface area contributed by atoms with E-state index in [1.165, 1.54) is 0 Å². The van der Waals surface area contributed by atoms with Gasteiger partial charge in [0.2, 0.25) is 0 Å². The summed E-state index contributed by atoms with van der Waals surface area (Å²) in [5, 5.41) is 6.61. The van der Waals surface area contributed by atoms with E-state index in [2.05, 4.69) is 22.5 Å². The van der Waals surface area contributed by atoms with Gasteiger partial charge >= 0.3 is 0 Å². The first-order valence-electron chi connectivity index (χ1n) is 7.38. The topological polar surface area (TPSA) is 55.4 Å². The molecule has 0 saturated heterocycles. The maximum absolute atomic E-state index is 5.41. The fraction of sp³-hybridized carbons (Fsp3) is 0.667. The van der Waals surface area contributed by atoms with Gasteiger partial charge in [-0.15, -0.1) is 0 Å². The Labute approximate surface area is 122 Å². The summed E-state index contributed by atoms with van der Waals surface area (Å²) in [6, 6.07) is 6.00. The van der Waals surface area contributed by atoms with Crippen LogP contribution in [0.4, 0.5) is 11.6 Å². The van der Waals surface area contributed by atoms with E-state index in [-0.39, 0.29) is 0 Å². The molecular formula is C15H27N3O2. The molecule has 0 unspecified atom stereocenters. The summed E-state index contributed by atoms with van der Waals surface area (Å²) in [6.07, 6.45) is 3.22. The molecule has 1 heterocycles. The second kappa shape index (κ2) is 11.5. The van der Waals surface area contributed by atoms with Gasteiger partial charge in [0.05, 0.1) is 13.2 Å². The highest BCUT2D eigenvalue weighted by Crippen LogP contribution is 2.09. The van der Waals surface area contributed by atoms with Gasteiger partial charge in [-0.1, -0.05) is 13.0 Å². The molecule has 0 aliphatic heterocycles. The smallest absolute Gasteiger partial charge is 0.128 e. The predicted molar refractivity (Wildman–Crippen MR) is 83.4 cm³/mol. The molecule has 0 spiro atoms. The molecule has 0 amide bonds. The lowest BCUT2D eigenvalue weighted by molar-refractivity contribution is 0.0691. The molecular weight excluding hydrogens is 254 g/mol. The highest BCUT2D eigenvalue weighted by atomic mass is 16.5. The number of unbranched alkanes of at least 4 members (excludes halogenated alkanes) is 1. The number of methoxy groups -OCH3 is 1. The Balaban J connectivity index is 2.09. The largest absolute Gasteiger partial charge is 0.382 e. The summed E-state index contributed by atoms with van der Waals surface area (Å²) < 4.78 is 10.3. The monoisotopic (exact) mass is 281 g/mol. The van der Waals surface area contributed by atoms with Crippen molar-refractivity contribution in [3.63, 3.8) is 0 Å². The van der Waals surface area contributed by atoms with Crippen LogP contribution in [-0.2, 0) is 9.47 Å². The average Bonchev–Trinajstić information content (AvgIpc) is 2.48. The molecule has 0 atom stereocenters. The fourth-order valence-corrected chi connectivity index (χ4v) is 1.67. The highest BCUT2D eigenvalue weighted by Gasteiger charge is 1.96. The van der Waals surface area contributed by atoms with E-state index in [0.29, 0.717) is 13.2 Å². The van der Waals surface area contributed by atoms with Crippen LogP contribution >= 0.6 is 0 Å². The molecule has 1 rings (SSSR count). The Morgan fingerprint density at radius 1 is 1.00 bits per heavy atom. The van der Waals surface area contributed by atoms with Gasteiger partial charge in [-0.2, -0.15) is 0 Å². The third-order valence-corrected chi connectivity index (χ3v) is 2.76. The first-order chi connectivity index (χ1) is 9.86. The minimum Gasteiger partial charge on any atom is -0.382 e. The lowest BCUT2D eigenvalue weighted by atomic mass is 10.3. The average molecular weight is 281 g/mol. The number of nitrogens with one attached hydrogen (secondary N) is 2. The summed E-state index contributed by atoms with van der Waals surface area (Å²) in [6.45, 7) is 6.14. The SMILES string of the molecule is CCCNc1cccc(NCCCCOCCOC)n1. The number of nitrogens with zero attached hydrogens (tertiary/aromatic N) is 1. The quantitative estimate of drug-likeness (QED) is 0.577. The first kappa shape index (κ1) is 16.7. The van der Waals surface area contributed by atoms with Crippen molar-refractivity contribution in [2.45, 2.75) is 26.2 Å². The van der Waals surface area contributed by atoms with Gasteiger partial charge in [0.15, 0.2) is 0 Å². The lowest BCUT2D eigenvalue weighted by Gasteiger charge is -2.08. The number of rotatable bonds is 12. The molecule has 1 aromatic rings. The maximum atomic E-state index is 5.41. The minimum atomic E-state index is 0.666. The van der Waals surface area contributed by atoms with Gasteiger partial charge < -0.3 is 20.1 Å². The maximum Gasteiger partial charge on any atom is 0.128 e. The molecule has 0 aliphatic rings. The molecule has 0 radical (unpaired) electrons. The number of aromatic nitrogens is 1. The molecule has 5 heteroatoms. The van der Waals surface area contributed by atoms with E-state index in [1.807, 2.05) is 18.2 Å². The fourth-order valence-electron chi connectivity index (χ4n) is 1.67. The Bertz CT molecular complexity index is 348. The zero-order valence-corrected chi connectivity index (χ0v) is 12.7. The van der Waals surface area contributed by atoms with Gasteiger partial charge in [-0.05, 0) is 31.4 Å². The van der Waals surface area contributed by atoms with Crippen molar-refractivity contribution in [1.29, 1.82) is 0 Å². The van der Waals surface area contributed by atoms with E-state index in [9.17, 15) is 0 Å². The number of pyridine rings is 1. The Morgan fingerprint density at radius 3 is 2.45 bits per heavy atom. The van der Waals surface area contributed by atoms with Crippen LogP contribution in [0.1, 0.15) is 26.2 Å². The molecule has 0 aromatic carbocycles. The Hall–Kier alpha value is -1.33. The zero-order valence-electron chi connectivity index (χ0n) is 12.7. The van der Waals surface area contributed by atoms with Gasteiger partial charge in [-0.3, -0.25) is 0 Å². The molecule has 0 saturated carbocycles. The molecule has 0 fully saturated rings. The van der Waals surface area contributed by atoms with E-state index < -0.39 is 0 Å². The summed E-state index contributed by atoms with van der Waals surface area (Å²) in [7, 11) is 1.68. The van der Waals surface area contributed by atoms with Gasteiger partial charge in [0.1, 0.15) is 11.6 Å². The number of anilines is 2.